The van der Waals surface area contributed by atoms with Crippen molar-refractivity contribution in [3.8, 4) is 11.5 Å². The maximum atomic E-state index is 12.3. The second-order valence-corrected chi connectivity index (χ2v) is 5.06. The zero-order valence-electron chi connectivity index (χ0n) is 13.3. The molecule has 6 heteroatoms. The monoisotopic (exact) mass is 323 g/mol. The van der Waals surface area contributed by atoms with Gasteiger partial charge in [0.25, 0.3) is 0 Å². The van der Waals surface area contributed by atoms with E-state index >= 15 is 0 Å². The van der Waals surface area contributed by atoms with Crippen molar-refractivity contribution in [3.05, 3.63) is 72.3 Å². The lowest BCUT2D eigenvalue weighted by atomic mass is 10.1. The number of esters is 1. The van der Waals surface area contributed by atoms with E-state index in [1.54, 1.807) is 41.3 Å². The van der Waals surface area contributed by atoms with Crippen LogP contribution in [0.3, 0.4) is 0 Å². The van der Waals surface area contributed by atoms with E-state index in [9.17, 15) is 4.79 Å². The van der Waals surface area contributed by atoms with Gasteiger partial charge in [0.05, 0.1) is 18.7 Å². The van der Waals surface area contributed by atoms with Crippen LogP contribution in [-0.2, 0) is 6.54 Å². The van der Waals surface area contributed by atoms with Gasteiger partial charge in [-0.25, -0.2) is 14.5 Å². The number of nitrogens with zero attached hydrogens (tertiary/aromatic N) is 3. The molecule has 1 aromatic heterocycles. The maximum Gasteiger partial charge on any atom is 0.343 e. The molecule has 122 valence electrons. The first-order valence-electron chi connectivity index (χ1n) is 7.61. The number of rotatable bonds is 6. The summed E-state index contributed by atoms with van der Waals surface area (Å²) in [5.41, 5.74) is 1.50. The summed E-state index contributed by atoms with van der Waals surface area (Å²) in [6.07, 6.45) is 3.13. The number of benzene rings is 2. The van der Waals surface area contributed by atoms with E-state index in [1.807, 2.05) is 25.1 Å². The average molecular weight is 323 g/mol. The van der Waals surface area contributed by atoms with Crippen molar-refractivity contribution in [3.63, 3.8) is 0 Å². The minimum absolute atomic E-state index is 0.413. The van der Waals surface area contributed by atoms with Crippen molar-refractivity contribution in [2.45, 2.75) is 13.5 Å². The van der Waals surface area contributed by atoms with Gasteiger partial charge in [-0.15, -0.1) is 0 Å². The van der Waals surface area contributed by atoms with Gasteiger partial charge in [-0.3, -0.25) is 0 Å². The standard InChI is InChI=1S/C18H17N3O3/c1-2-23-16-5-3-4-6-17(16)24-18(22)15-9-7-14(8-10-15)11-21-13-19-12-20-21/h3-10,12-13H,2,11H2,1H3. The zero-order chi connectivity index (χ0) is 16.8. The Morgan fingerprint density at radius 2 is 1.83 bits per heavy atom. The van der Waals surface area contributed by atoms with Crippen LogP contribution in [0.1, 0.15) is 22.8 Å². The predicted octanol–water partition coefficient (Wildman–Crippen LogP) is 2.94. The molecule has 1 heterocycles. The second kappa shape index (κ2) is 7.41. The third kappa shape index (κ3) is 3.78. The minimum Gasteiger partial charge on any atom is -0.490 e. The molecule has 0 saturated heterocycles. The molecule has 0 aliphatic carbocycles. The fourth-order valence-electron chi connectivity index (χ4n) is 2.22. The minimum atomic E-state index is -0.422. The molecule has 0 radical (unpaired) electrons. The summed E-state index contributed by atoms with van der Waals surface area (Å²) >= 11 is 0. The Kier molecular flexibility index (Phi) is 4.86. The van der Waals surface area contributed by atoms with Gasteiger partial charge in [0.15, 0.2) is 11.5 Å². The first-order chi connectivity index (χ1) is 11.8. The first kappa shape index (κ1) is 15.7. The van der Waals surface area contributed by atoms with Crippen LogP contribution in [-0.4, -0.2) is 27.3 Å². The number of para-hydroxylation sites is 2. The highest BCUT2D eigenvalue weighted by Crippen LogP contribution is 2.27. The summed E-state index contributed by atoms with van der Waals surface area (Å²) in [6.45, 7) is 2.99. The van der Waals surface area contributed by atoms with Crippen molar-refractivity contribution >= 4 is 5.97 Å². The summed E-state index contributed by atoms with van der Waals surface area (Å²) < 4.78 is 12.6. The third-order valence-corrected chi connectivity index (χ3v) is 3.35. The Bertz CT molecular complexity index is 799. The summed E-state index contributed by atoms with van der Waals surface area (Å²) in [7, 11) is 0. The Morgan fingerprint density at radius 1 is 1.08 bits per heavy atom. The SMILES string of the molecule is CCOc1ccccc1OC(=O)c1ccc(Cn2cncn2)cc1. The van der Waals surface area contributed by atoms with Gasteiger partial charge < -0.3 is 9.47 Å². The van der Waals surface area contributed by atoms with E-state index in [-0.39, 0.29) is 0 Å². The van der Waals surface area contributed by atoms with Gasteiger partial charge in [-0.2, -0.15) is 5.10 Å². The quantitative estimate of drug-likeness (QED) is 0.515. The number of hydrogen-bond donors (Lipinski definition) is 0. The highest BCUT2D eigenvalue weighted by molar-refractivity contribution is 5.91. The lowest BCUT2D eigenvalue weighted by Gasteiger charge is -2.10. The fraction of sp³-hybridized carbons (Fsp3) is 0.167. The normalized spacial score (nSPS) is 10.4. The molecule has 6 nitrogen and oxygen atoms in total. The van der Waals surface area contributed by atoms with Gasteiger partial charge in [0.1, 0.15) is 12.7 Å². The lowest BCUT2D eigenvalue weighted by Crippen LogP contribution is -2.10. The Hall–Kier alpha value is -3.15. The molecule has 0 spiro atoms. The molecule has 24 heavy (non-hydrogen) atoms. The van der Waals surface area contributed by atoms with Gasteiger partial charge >= 0.3 is 5.97 Å². The number of carbonyl (C=O) groups excluding carboxylic acids is 1. The summed E-state index contributed by atoms with van der Waals surface area (Å²) in [5, 5.41) is 4.05. The molecule has 0 aliphatic heterocycles. The molecular formula is C18H17N3O3. The molecule has 0 amide bonds. The Balaban J connectivity index is 1.69. The largest absolute Gasteiger partial charge is 0.490 e. The fourth-order valence-corrected chi connectivity index (χ4v) is 2.22. The van der Waals surface area contributed by atoms with E-state index in [0.29, 0.717) is 30.2 Å². The molecular weight excluding hydrogens is 306 g/mol. The molecule has 0 unspecified atom stereocenters. The smallest absolute Gasteiger partial charge is 0.343 e. The molecule has 3 rings (SSSR count). The lowest BCUT2D eigenvalue weighted by molar-refractivity contribution is 0.0728. The van der Waals surface area contributed by atoms with Crippen molar-refractivity contribution in [2.75, 3.05) is 6.61 Å². The summed E-state index contributed by atoms with van der Waals surface area (Å²) in [5.74, 6) is 0.543. The van der Waals surface area contributed by atoms with E-state index in [2.05, 4.69) is 10.1 Å². The van der Waals surface area contributed by atoms with Gasteiger partial charge in [0.2, 0.25) is 0 Å². The molecule has 0 fully saturated rings. The number of carbonyl (C=O) groups is 1. The van der Waals surface area contributed by atoms with Gasteiger partial charge in [0, 0.05) is 0 Å². The molecule has 2 aromatic carbocycles. The van der Waals surface area contributed by atoms with Crippen LogP contribution in [0.4, 0.5) is 0 Å². The molecule has 0 bridgehead atoms. The number of hydrogen-bond acceptors (Lipinski definition) is 5. The molecule has 3 aromatic rings. The van der Waals surface area contributed by atoms with E-state index in [1.165, 1.54) is 6.33 Å². The topological polar surface area (TPSA) is 66.2 Å². The van der Waals surface area contributed by atoms with E-state index in [0.717, 1.165) is 5.56 Å². The van der Waals surface area contributed by atoms with E-state index < -0.39 is 5.97 Å². The molecule has 0 atom stereocenters. The molecule has 0 saturated carbocycles. The second-order valence-electron chi connectivity index (χ2n) is 5.06. The Morgan fingerprint density at radius 3 is 2.50 bits per heavy atom. The number of aromatic nitrogens is 3. The maximum absolute atomic E-state index is 12.3. The van der Waals surface area contributed by atoms with Gasteiger partial charge in [-0.05, 0) is 36.8 Å². The summed E-state index contributed by atoms with van der Waals surface area (Å²) in [6, 6.07) is 14.3. The van der Waals surface area contributed by atoms with Crippen LogP contribution in [0, 0.1) is 0 Å². The van der Waals surface area contributed by atoms with Crippen LogP contribution < -0.4 is 9.47 Å². The van der Waals surface area contributed by atoms with Crippen LogP contribution in [0.5, 0.6) is 11.5 Å². The first-order valence-corrected chi connectivity index (χ1v) is 7.61. The number of ether oxygens (including phenoxy) is 2. The van der Waals surface area contributed by atoms with E-state index in [4.69, 9.17) is 9.47 Å². The van der Waals surface area contributed by atoms with Crippen molar-refractivity contribution in [2.24, 2.45) is 0 Å². The van der Waals surface area contributed by atoms with Crippen molar-refractivity contribution < 1.29 is 14.3 Å². The third-order valence-electron chi connectivity index (χ3n) is 3.35. The average Bonchev–Trinajstić information content (AvgIpc) is 3.10. The van der Waals surface area contributed by atoms with Crippen LogP contribution in [0.25, 0.3) is 0 Å². The van der Waals surface area contributed by atoms with Crippen molar-refractivity contribution in [1.82, 2.24) is 14.8 Å². The highest BCUT2D eigenvalue weighted by atomic mass is 16.6. The molecule has 0 N–H and O–H groups in total. The molecule has 0 aliphatic rings. The predicted molar refractivity (Wildman–Crippen MR) is 88.1 cm³/mol. The van der Waals surface area contributed by atoms with Crippen LogP contribution in [0.2, 0.25) is 0 Å². The van der Waals surface area contributed by atoms with Crippen LogP contribution >= 0.6 is 0 Å². The highest BCUT2D eigenvalue weighted by Gasteiger charge is 2.12. The Labute approximate surface area is 139 Å². The summed E-state index contributed by atoms with van der Waals surface area (Å²) in [4.78, 5) is 16.2. The van der Waals surface area contributed by atoms with Gasteiger partial charge in [-0.1, -0.05) is 24.3 Å². The van der Waals surface area contributed by atoms with Crippen LogP contribution in [0.15, 0.2) is 61.2 Å². The zero-order valence-corrected chi connectivity index (χ0v) is 13.3. The van der Waals surface area contributed by atoms with Crippen molar-refractivity contribution in [1.29, 1.82) is 0 Å².